The van der Waals surface area contributed by atoms with Gasteiger partial charge in [-0.2, -0.15) is 0 Å². The number of hydrogen-bond acceptors (Lipinski definition) is 3. The molecule has 29 heavy (non-hydrogen) atoms. The van der Waals surface area contributed by atoms with Crippen LogP contribution in [0.1, 0.15) is 18.1 Å². The van der Waals surface area contributed by atoms with E-state index in [1.807, 2.05) is 54.7 Å². The van der Waals surface area contributed by atoms with Crippen LogP contribution in [0.3, 0.4) is 0 Å². The molecule has 0 aliphatic carbocycles. The third kappa shape index (κ3) is 3.61. The topological polar surface area (TPSA) is 71.4 Å². The fourth-order valence-electron chi connectivity index (χ4n) is 3.46. The lowest BCUT2D eigenvalue weighted by Crippen LogP contribution is -2.53. The quantitative estimate of drug-likeness (QED) is 0.482. The fourth-order valence-corrected chi connectivity index (χ4v) is 3.82. The number of aromatic nitrogens is 1. The molecule has 0 bridgehead atoms. The molecule has 1 N–H and O–H groups in total. The Morgan fingerprint density at radius 3 is 2.55 bits per heavy atom. The maximum Gasteiger partial charge on any atom is 0.331 e. The Kier molecular flexibility index (Phi) is 5.07. The predicted octanol–water partition coefficient (Wildman–Crippen LogP) is 3.93. The molecule has 6 nitrogen and oxygen atoms in total. The van der Waals surface area contributed by atoms with Crippen LogP contribution < -0.4 is 5.32 Å². The van der Waals surface area contributed by atoms with Crippen LogP contribution in [0.5, 0.6) is 0 Å². The van der Waals surface area contributed by atoms with Gasteiger partial charge in [0.1, 0.15) is 5.57 Å². The summed E-state index contributed by atoms with van der Waals surface area (Å²) in [4.78, 5) is 37.8. The molecule has 1 fully saturated rings. The number of imide groups is 2. The van der Waals surface area contributed by atoms with Gasteiger partial charge in [0.2, 0.25) is 0 Å². The largest absolute Gasteiger partial charge is 0.342 e. The first-order chi connectivity index (χ1) is 14.0. The van der Waals surface area contributed by atoms with E-state index in [4.69, 9.17) is 0 Å². The molecule has 2 aromatic carbocycles. The lowest BCUT2D eigenvalue weighted by atomic mass is 10.1. The van der Waals surface area contributed by atoms with Gasteiger partial charge in [0.05, 0.1) is 0 Å². The summed E-state index contributed by atoms with van der Waals surface area (Å²) >= 11 is 3.49. The first-order valence-corrected chi connectivity index (χ1v) is 9.98. The third-order valence-electron chi connectivity index (χ3n) is 4.87. The van der Waals surface area contributed by atoms with Crippen molar-refractivity contribution in [2.75, 3.05) is 6.54 Å². The van der Waals surface area contributed by atoms with Gasteiger partial charge in [-0.3, -0.25) is 19.8 Å². The van der Waals surface area contributed by atoms with Crippen LogP contribution in [-0.4, -0.2) is 33.9 Å². The Bertz CT molecular complexity index is 1160. The number of likely N-dealkylation sites (N-methyl/N-ethyl adjacent to an activating group) is 1. The van der Waals surface area contributed by atoms with Gasteiger partial charge in [-0.1, -0.05) is 46.3 Å². The normalized spacial score (nSPS) is 16.0. The summed E-state index contributed by atoms with van der Waals surface area (Å²) in [6.07, 6.45) is 3.48. The highest BCUT2D eigenvalue weighted by Crippen LogP contribution is 2.28. The number of nitrogens with zero attached hydrogens (tertiary/aromatic N) is 2. The van der Waals surface area contributed by atoms with Gasteiger partial charge in [-0.25, -0.2) is 4.79 Å². The average Bonchev–Trinajstić information content (AvgIpc) is 3.02. The van der Waals surface area contributed by atoms with E-state index in [0.717, 1.165) is 31.4 Å². The Morgan fingerprint density at radius 1 is 1.07 bits per heavy atom. The van der Waals surface area contributed by atoms with E-state index in [9.17, 15) is 14.4 Å². The van der Waals surface area contributed by atoms with Gasteiger partial charge in [0.25, 0.3) is 11.8 Å². The Morgan fingerprint density at radius 2 is 1.83 bits per heavy atom. The number of carbonyl (C=O) groups is 3. The van der Waals surface area contributed by atoms with Crippen molar-refractivity contribution in [2.24, 2.45) is 0 Å². The van der Waals surface area contributed by atoms with Crippen molar-refractivity contribution in [3.63, 3.8) is 0 Å². The number of rotatable bonds is 4. The van der Waals surface area contributed by atoms with Gasteiger partial charge < -0.3 is 4.57 Å². The lowest BCUT2D eigenvalue weighted by Gasteiger charge is -2.24. The monoisotopic (exact) mass is 451 g/mol. The minimum absolute atomic E-state index is 0.0508. The number of barbiturate groups is 1. The molecule has 4 rings (SSSR count). The number of hydrogen-bond donors (Lipinski definition) is 1. The molecule has 0 spiro atoms. The van der Waals surface area contributed by atoms with Crippen molar-refractivity contribution in [2.45, 2.75) is 13.5 Å². The lowest BCUT2D eigenvalue weighted by molar-refractivity contribution is -0.129. The first-order valence-electron chi connectivity index (χ1n) is 9.19. The third-order valence-corrected chi connectivity index (χ3v) is 5.36. The second kappa shape index (κ2) is 7.67. The number of carbonyl (C=O) groups excluding carboxylic acids is 3. The molecule has 1 saturated heterocycles. The van der Waals surface area contributed by atoms with Crippen LogP contribution in [0.4, 0.5) is 4.79 Å². The van der Waals surface area contributed by atoms with E-state index in [-0.39, 0.29) is 12.1 Å². The Hall–Kier alpha value is -3.19. The summed E-state index contributed by atoms with van der Waals surface area (Å²) in [5, 5.41) is 3.14. The molecular formula is C22H18BrN3O3. The molecule has 0 unspecified atom stereocenters. The maximum absolute atomic E-state index is 12.6. The van der Waals surface area contributed by atoms with Crippen LogP contribution in [-0.2, 0) is 16.1 Å². The van der Waals surface area contributed by atoms with Crippen LogP contribution in [0.2, 0.25) is 0 Å². The van der Waals surface area contributed by atoms with Crippen LogP contribution in [0.25, 0.3) is 17.0 Å². The molecule has 1 aliphatic heterocycles. The van der Waals surface area contributed by atoms with E-state index < -0.39 is 17.8 Å². The predicted molar refractivity (Wildman–Crippen MR) is 114 cm³/mol. The molecule has 146 valence electrons. The van der Waals surface area contributed by atoms with Crippen molar-refractivity contribution in [3.05, 3.63) is 75.9 Å². The second-order valence-electron chi connectivity index (χ2n) is 6.73. The summed E-state index contributed by atoms with van der Waals surface area (Å²) in [5.41, 5.74) is 2.81. The van der Waals surface area contributed by atoms with E-state index >= 15 is 0 Å². The summed E-state index contributed by atoms with van der Waals surface area (Å²) < 4.78 is 2.98. The van der Waals surface area contributed by atoms with Crippen LogP contribution >= 0.6 is 15.9 Å². The van der Waals surface area contributed by atoms with Gasteiger partial charge in [0.15, 0.2) is 0 Å². The summed E-state index contributed by atoms with van der Waals surface area (Å²) in [7, 11) is 0. The first kappa shape index (κ1) is 19.1. The number of fused-ring (bicyclic) bond motifs is 1. The summed E-state index contributed by atoms with van der Waals surface area (Å²) in [6, 6.07) is 15.3. The van der Waals surface area contributed by atoms with E-state index in [0.29, 0.717) is 6.54 Å². The van der Waals surface area contributed by atoms with Crippen molar-refractivity contribution in [1.29, 1.82) is 0 Å². The Labute approximate surface area is 175 Å². The van der Waals surface area contributed by atoms with Gasteiger partial charge in [-0.15, -0.1) is 0 Å². The van der Waals surface area contributed by atoms with Gasteiger partial charge >= 0.3 is 6.03 Å². The minimum atomic E-state index is -0.686. The van der Waals surface area contributed by atoms with E-state index in [1.54, 1.807) is 13.0 Å². The van der Waals surface area contributed by atoms with Crippen molar-refractivity contribution in [1.82, 2.24) is 14.8 Å². The number of nitrogens with one attached hydrogen (secondary N) is 1. The van der Waals surface area contributed by atoms with Crippen LogP contribution in [0, 0.1) is 0 Å². The molecule has 0 saturated carbocycles. The van der Waals surface area contributed by atoms with E-state index in [2.05, 4.69) is 25.8 Å². The number of halogens is 1. The van der Waals surface area contributed by atoms with Gasteiger partial charge in [-0.05, 0) is 36.8 Å². The standard InChI is InChI=1S/C22H18BrN3O3/c1-2-26-21(28)18(20(27)24-22(26)29)10-15-13-25(12-14-6-4-3-5-7-14)19-9-8-16(23)11-17(15)19/h3-11,13H,2,12H2,1H3,(H,24,27,29)/b18-10+. The highest BCUT2D eigenvalue weighted by molar-refractivity contribution is 9.10. The highest BCUT2D eigenvalue weighted by Gasteiger charge is 2.34. The molecule has 1 aromatic heterocycles. The SMILES string of the molecule is CCN1C(=O)NC(=O)/C(=C\c2cn(Cc3ccccc3)c3ccc(Br)cc23)C1=O. The minimum Gasteiger partial charge on any atom is -0.342 e. The summed E-state index contributed by atoms with van der Waals surface area (Å²) in [6.45, 7) is 2.53. The number of benzene rings is 2. The maximum atomic E-state index is 12.6. The second-order valence-corrected chi connectivity index (χ2v) is 7.64. The molecule has 0 atom stereocenters. The zero-order chi connectivity index (χ0) is 20.5. The van der Waals surface area contributed by atoms with Crippen LogP contribution in [0.15, 0.2) is 64.8 Å². The average molecular weight is 452 g/mol. The molecule has 7 heteroatoms. The smallest absolute Gasteiger partial charge is 0.331 e. The zero-order valence-corrected chi connectivity index (χ0v) is 17.3. The fraction of sp³-hybridized carbons (Fsp3) is 0.136. The van der Waals surface area contributed by atoms with Crippen molar-refractivity contribution in [3.8, 4) is 0 Å². The van der Waals surface area contributed by atoms with Crippen molar-refractivity contribution >= 4 is 50.8 Å². The molecule has 0 radical (unpaired) electrons. The molecule has 1 aliphatic rings. The molecular weight excluding hydrogens is 434 g/mol. The zero-order valence-electron chi connectivity index (χ0n) is 15.7. The Balaban J connectivity index is 1.82. The highest BCUT2D eigenvalue weighted by atomic mass is 79.9. The molecule has 2 heterocycles. The van der Waals surface area contributed by atoms with E-state index in [1.165, 1.54) is 0 Å². The molecule has 4 amide bonds. The van der Waals surface area contributed by atoms with Crippen molar-refractivity contribution < 1.29 is 14.4 Å². The number of amides is 4. The molecule has 3 aromatic rings. The van der Waals surface area contributed by atoms with Gasteiger partial charge in [0, 0.05) is 40.2 Å². The number of urea groups is 1. The summed E-state index contributed by atoms with van der Waals surface area (Å²) in [5.74, 6) is -1.26.